The summed E-state index contributed by atoms with van der Waals surface area (Å²) in [5, 5.41) is 2.94. The Hall–Kier alpha value is -1.53. The lowest BCUT2D eigenvalue weighted by Crippen LogP contribution is -2.15. The molecule has 2 rings (SSSR count). The molecule has 2 aromatic carbocycles. The van der Waals surface area contributed by atoms with Gasteiger partial charge in [-0.25, -0.2) is 0 Å². The van der Waals surface area contributed by atoms with Crippen LogP contribution < -0.4 is 15.8 Å². The molecule has 4 nitrogen and oxygen atoms in total. The van der Waals surface area contributed by atoms with Gasteiger partial charge in [0, 0.05) is 14.6 Å². The first-order valence-electron chi connectivity index (χ1n) is 6.56. The standard InChI is InChI=1S/C16H16Br2N2O2/c1-8-12(17)14(19)13(18)9(2)15(8)20-16(21)10-6-4-5-7-11(10)22-3/h4-7H,19H2,1-3H3,(H,20,21). The number of halogens is 2. The van der Waals surface area contributed by atoms with E-state index in [2.05, 4.69) is 37.2 Å². The Balaban J connectivity index is 2.45. The van der Waals surface area contributed by atoms with Crippen LogP contribution in [0.1, 0.15) is 21.5 Å². The predicted molar refractivity (Wildman–Crippen MR) is 96.7 cm³/mol. The average Bonchev–Trinajstić information content (AvgIpc) is 2.54. The summed E-state index contributed by atoms with van der Waals surface area (Å²) in [6, 6.07) is 7.10. The molecular formula is C16H16Br2N2O2. The van der Waals surface area contributed by atoms with Crippen molar-refractivity contribution in [3.63, 3.8) is 0 Å². The maximum Gasteiger partial charge on any atom is 0.259 e. The monoisotopic (exact) mass is 426 g/mol. The van der Waals surface area contributed by atoms with Crippen LogP contribution in [0.5, 0.6) is 5.75 Å². The average molecular weight is 428 g/mol. The molecule has 0 bridgehead atoms. The third-order valence-electron chi connectivity index (χ3n) is 3.47. The number of para-hydroxylation sites is 1. The highest BCUT2D eigenvalue weighted by atomic mass is 79.9. The molecule has 0 aliphatic heterocycles. The van der Waals surface area contributed by atoms with Crippen molar-refractivity contribution in [1.29, 1.82) is 0 Å². The zero-order valence-electron chi connectivity index (χ0n) is 12.5. The van der Waals surface area contributed by atoms with Gasteiger partial charge in [-0.2, -0.15) is 0 Å². The highest BCUT2D eigenvalue weighted by molar-refractivity contribution is 9.11. The second-order valence-corrected chi connectivity index (χ2v) is 6.41. The first kappa shape index (κ1) is 16.8. The Bertz CT molecular complexity index is 716. The fraction of sp³-hybridized carbons (Fsp3) is 0.188. The van der Waals surface area contributed by atoms with E-state index in [-0.39, 0.29) is 5.91 Å². The Morgan fingerprint density at radius 1 is 1.14 bits per heavy atom. The number of hydrogen-bond donors (Lipinski definition) is 2. The normalized spacial score (nSPS) is 10.4. The van der Waals surface area contributed by atoms with Gasteiger partial charge in [0.25, 0.3) is 5.91 Å². The molecule has 0 saturated carbocycles. The first-order valence-corrected chi connectivity index (χ1v) is 8.15. The van der Waals surface area contributed by atoms with Gasteiger partial charge in [-0.1, -0.05) is 12.1 Å². The zero-order valence-corrected chi connectivity index (χ0v) is 15.6. The van der Waals surface area contributed by atoms with Gasteiger partial charge in [0.2, 0.25) is 0 Å². The van der Waals surface area contributed by atoms with Crippen LogP contribution in [0.3, 0.4) is 0 Å². The fourth-order valence-corrected chi connectivity index (χ4v) is 3.26. The number of carbonyl (C=O) groups is 1. The van der Waals surface area contributed by atoms with E-state index in [1.165, 1.54) is 0 Å². The minimum Gasteiger partial charge on any atom is -0.496 e. The third kappa shape index (κ3) is 2.98. The molecule has 1 amide bonds. The van der Waals surface area contributed by atoms with Crippen LogP contribution in [0.15, 0.2) is 33.2 Å². The Labute approximate surface area is 146 Å². The van der Waals surface area contributed by atoms with Crippen LogP contribution >= 0.6 is 31.9 Å². The minimum absolute atomic E-state index is 0.229. The second-order valence-electron chi connectivity index (χ2n) is 4.82. The van der Waals surface area contributed by atoms with E-state index >= 15 is 0 Å². The molecule has 0 unspecified atom stereocenters. The van der Waals surface area contributed by atoms with E-state index in [4.69, 9.17) is 10.5 Å². The summed E-state index contributed by atoms with van der Waals surface area (Å²) in [4.78, 5) is 12.6. The Morgan fingerprint density at radius 3 is 2.23 bits per heavy atom. The molecule has 2 aromatic rings. The number of amides is 1. The van der Waals surface area contributed by atoms with E-state index < -0.39 is 0 Å². The largest absolute Gasteiger partial charge is 0.496 e. The van der Waals surface area contributed by atoms with Gasteiger partial charge in [0.05, 0.1) is 18.4 Å². The summed E-state index contributed by atoms with van der Waals surface area (Å²) in [6.07, 6.45) is 0. The number of ether oxygens (including phenoxy) is 1. The lowest BCUT2D eigenvalue weighted by molar-refractivity contribution is 0.102. The lowest BCUT2D eigenvalue weighted by atomic mass is 10.1. The molecule has 116 valence electrons. The van der Waals surface area contributed by atoms with Crippen LogP contribution in [-0.4, -0.2) is 13.0 Å². The molecule has 0 heterocycles. The summed E-state index contributed by atoms with van der Waals surface area (Å²) < 4.78 is 6.76. The summed E-state index contributed by atoms with van der Waals surface area (Å²) in [7, 11) is 1.54. The predicted octanol–water partition coefficient (Wildman–Crippen LogP) is 4.67. The highest BCUT2D eigenvalue weighted by Crippen LogP contribution is 2.40. The van der Waals surface area contributed by atoms with Crippen LogP contribution in [0, 0.1) is 13.8 Å². The van der Waals surface area contributed by atoms with Gasteiger partial charge >= 0.3 is 0 Å². The topological polar surface area (TPSA) is 64.3 Å². The number of nitrogen functional groups attached to an aromatic ring is 1. The summed E-state index contributed by atoms with van der Waals surface area (Å²) in [6.45, 7) is 3.80. The molecule has 0 saturated heterocycles. The Morgan fingerprint density at radius 2 is 1.68 bits per heavy atom. The number of anilines is 2. The minimum atomic E-state index is -0.229. The summed E-state index contributed by atoms with van der Waals surface area (Å²) in [5.41, 5.74) is 9.59. The van der Waals surface area contributed by atoms with Gasteiger partial charge in [0.1, 0.15) is 5.75 Å². The van der Waals surface area contributed by atoms with E-state index in [9.17, 15) is 4.79 Å². The maximum absolute atomic E-state index is 12.6. The van der Waals surface area contributed by atoms with Crippen molar-refractivity contribution in [2.45, 2.75) is 13.8 Å². The molecule has 0 aliphatic rings. The Kier molecular flexibility index (Phi) is 5.13. The molecule has 0 atom stereocenters. The molecule has 0 aromatic heterocycles. The highest BCUT2D eigenvalue weighted by Gasteiger charge is 2.18. The number of carbonyl (C=O) groups excluding carboxylic acids is 1. The lowest BCUT2D eigenvalue weighted by Gasteiger charge is -2.17. The van der Waals surface area contributed by atoms with Crippen molar-refractivity contribution in [3.05, 3.63) is 49.9 Å². The van der Waals surface area contributed by atoms with Crippen molar-refractivity contribution in [3.8, 4) is 5.75 Å². The fourth-order valence-electron chi connectivity index (χ4n) is 2.20. The zero-order chi connectivity index (χ0) is 16.4. The molecule has 3 N–H and O–H groups in total. The van der Waals surface area contributed by atoms with Crippen molar-refractivity contribution < 1.29 is 9.53 Å². The number of benzene rings is 2. The van der Waals surface area contributed by atoms with Crippen molar-refractivity contribution in [2.75, 3.05) is 18.2 Å². The van der Waals surface area contributed by atoms with E-state index in [1.54, 1.807) is 25.3 Å². The molecular weight excluding hydrogens is 412 g/mol. The number of nitrogens with two attached hydrogens (primary N) is 1. The van der Waals surface area contributed by atoms with Crippen molar-refractivity contribution >= 4 is 49.1 Å². The van der Waals surface area contributed by atoms with Gasteiger partial charge < -0.3 is 15.8 Å². The van der Waals surface area contributed by atoms with Crippen LogP contribution in [-0.2, 0) is 0 Å². The SMILES string of the molecule is COc1ccccc1C(=O)Nc1c(C)c(Br)c(N)c(Br)c1C. The first-order chi connectivity index (χ1) is 10.4. The quantitative estimate of drug-likeness (QED) is 0.699. The molecule has 0 aliphatic carbocycles. The summed E-state index contributed by atoms with van der Waals surface area (Å²) >= 11 is 6.92. The maximum atomic E-state index is 12.6. The molecule has 0 fully saturated rings. The van der Waals surface area contributed by atoms with Gasteiger partial charge in [-0.3, -0.25) is 4.79 Å². The smallest absolute Gasteiger partial charge is 0.259 e. The van der Waals surface area contributed by atoms with E-state index in [0.717, 1.165) is 25.8 Å². The van der Waals surface area contributed by atoms with E-state index in [0.29, 0.717) is 17.0 Å². The van der Waals surface area contributed by atoms with Crippen LogP contribution in [0.4, 0.5) is 11.4 Å². The number of methoxy groups -OCH3 is 1. The molecule has 0 radical (unpaired) electrons. The van der Waals surface area contributed by atoms with Gasteiger partial charge in [-0.15, -0.1) is 0 Å². The van der Waals surface area contributed by atoms with Gasteiger partial charge in [-0.05, 0) is 69.0 Å². The van der Waals surface area contributed by atoms with Crippen LogP contribution in [0.2, 0.25) is 0 Å². The summed E-state index contributed by atoms with van der Waals surface area (Å²) in [5.74, 6) is 0.302. The molecule has 0 spiro atoms. The number of hydrogen-bond acceptors (Lipinski definition) is 3. The number of rotatable bonds is 3. The van der Waals surface area contributed by atoms with Gasteiger partial charge in [0.15, 0.2) is 0 Å². The second kappa shape index (κ2) is 6.71. The molecule has 6 heteroatoms. The van der Waals surface area contributed by atoms with E-state index in [1.807, 2.05) is 19.9 Å². The third-order valence-corrected chi connectivity index (χ3v) is 5.52. The van der Waals surface area contributed by atoms with Crippen molar-refractivity contribution in [1.82, 2.24) is 0 Å². The van der Waals surface area contributed by atoms with Crippen LogP contribution in [0.25, 0.3) is 0 Å². The number of nitrogens with one attached hydrogen (secondary N) is 1. The molecule has 22 heavy (non-hydrogen) atoms. The van der Waals surface area contributed by atoms with Crippen molar-refractivity contribution in [2.24, 2.45) is 0 Å².